The molecule has 1 atom stereocenters. The van der Waals surface area contributed by atoms with Gasteiger partial charge in [-0.05, 0) is 24.6 Å². The number of nitrogens with two attached hydrogens (primary N) is 1. The van der Waals surface area contributed by atoms with Crippen LogP contribution in [0.4, 0.5) is 0 Å². The molecule has 0 fully saturated rings. The molecular weight excluding hydrogens is 282 g/mol. The Labute approximate surface area is 117 Å². The molecule has 1 aliphatic rings. The fourth-order valence-electron chi connectivity index (χ4n) is 1.98. The first kappa shape index (κ1) is 14.8. The van der Waals surface area contributed by atoms with Gasteiger partial charge in [-0.3, -0.25) is 4.79 Å². The largest absolute Gasteiger partial charge is 0.492 e. The van der Waals surface area contributed by atoms with Gasteiger partial charge in [0, 0.05) is 5.56 Å². The second kappa shape index (κ2) is 5.80. The second-order valence-corrected chi connectivity index (χ2v) is 6.19. The molecule has 0 spiro atoms. The number of hydrogen-bond donors (Lipinski definition) is 1. The van der Waals surface area contributed by atoms with Crippen molar-refractivity contribution in [2.75, 3.05) is 13.2 Å². The Morgan fingerprint density at radius 2 is 2.25 bits per heavy atom. The molecule has 0 aromatic heterocycles. The highest BCUT2D eigenvalue weighted by molar-refractivity contribution is 7.89. The topological polar surface area (TPSA) is 95.7 Å². The van der Waals surface area contributed by atoms with Crippen molar-refractivity contribution in [2.45, 2.75) is 30.6 Å². The number of rotatable bonds is 5. The van der Waals surface area contributed by atoms with E-state index in [9.17, 15) is 13.2 Å². The molecule has 20 heavy (non-hydrogen) atoms. The average Bonchev–Trinajstić information content (AvgIpc) is 2.80. The number of sulfonamides is 1. The van der Waals surface area contributed by atoms with Gasteiger partial charge in [0.15, 0.2) is 0 Å². The molecule has 0 aliphatic carbocycles. The highest BCUT2D eigenvalue weighted by Crippen LogP contribution is 2.36. The molecule has 1 aliphatic heterocycles. The van der Waals surface area contributed by atoms with Gasteiger partial charge in [0.05, 0.1) is 11.5 Å². The van der Waals surface area contributed by atoms with Crippen molar-refractivity contribution in [3.63, 3.8) is 0 Å². The predicted molar refractivity (Wildman–Crippen MR) is 71.9 cm³/mol. The summed E-state index contributed by atoms with van der Waals surface area (Å²) >= 11 is 0. The van der Waals surface area contributed by atoms with E-state index in [-0.39, 0.29) is 11.5 Å². The molecule has 1 aromatic rings. The van der Waals surface area contributed by atoms with Gasteiger partial charge in [0.2, 0.25) is 10.0 Å². The zero-order valence-electron chi connectivity index (χ0n) is 11.2. The van der Waals surface area contributed by atoms with Crippen molar-refractivity contribution in [1.29, 1.82) is 0 Å². The van der Waals surface area contributed by atoms with Crippen LogP contribution in [0.1, 0.15) is 31.2 Å². The Kier molecular flexibility index (Phi) is 4.29. The van der Waals surface area contributed by atoms with Crippen molar-refractivity contribution in [3.8, 4) is 5.75 Å². The SMILES string of the molecule is CCCCOC(=O)C1COc2ccc(S(N)(=O)=O)cc21. The quantitative estimate of drug-likeness (QED) is 0.650. The van der Waals surface area contributed by atoms with Crippen LogP contribution in [0.5, 0.6) is 5.75 Å². The van der Waals surface area contributed by atoms with E-state index >= 15 is 0 Å². The highest BCUT2D eigenvalue weighted by Gasteiger charge is 2.32. The van der Waals surface area contributed by atoms with E-state index in [1.165, 1.54) is 18.2 Å². The molecule has 1 aromatic carbocycles. The smallest absolute Gasteiger partial charge is 0.317 e. The maximum absolute atomic E-state index is 12.0. The molecule has 1 unspecified atom stereocenters. The lowest BCUT2D eigenvalue weighted by Gasteiger charge is -2.09. The normalized spacial score (nSPS) is 17.4. The standard InChI is InChI=1S/C13H17NO5S/c1-2-3-6-18-13(15)11-8-19-12-5-4-9(7-10(11)12)20(14,16)17/h4-5,7,11H,2-3,6,8H2,1H3,(H2,14,16,17). The fraction of sp³-hybridized carbons (Fsp3) is 0.462. The minimum Gasteiger partial charge on any atom is -0.492 e. The maximum Gasteiger partial charge on any atom is 0.317 e. The van der Waals surface area contributed by atoms with Crippen LogP contribution in [-0.2, 0) is 19.6 Å². The third-order valence-corrected chi connectivity index (χ3v) is 4.03. The van der Waals surface area contributed by atoms with Crippen molar-refractivity contribution in [1.82, 2.24) is 0 Å². The van der Waals surface area contributed by atoms with E-state index < -0.39 is 21.9 Å². The Hall–Kier alpha value is -1.60. The molecule has 0 radical (unpaired) electrons. The third kappa shape index (κ3) is 3.10. The van der Waals surface area contributed by atoms with Gasteiger partial charge in [-0.2, -0.15) is 0 Å². The second-order valence-electron chi connectivity index (χ2n) is 4.63. The van der Waals surface area contributed by atoms with E-state index in [4.69, 9.17) is 14.6 Å². The Bertz CT molecular complexity index is 611. The molecule has 0 saturated heterocycles. The number of carbonyl (C=O) groups excluding carboxylic acids is 1. The summed E-state index contributed by atoms with van der Waals surface area (Å²) in [5, 5.41) is 5.09. The Morgan fingerprint density at radius 1 is 1.50 bits per heavy atom. The molecule has 110 valence electrons. The number of ether oxygens (including phenoxy) is 2. The highest BCUT2D eigenvalue weighted by atomic mass is 32.2. The van der Waals surface area contributed by atoms with Gasteiger partial charge in [-0.1, -0.05) is 13.3 Å². The van der Waals surface area contributed by atoms with Gasteiger partial charge in [0.25, 0.3) is 0 Å². The van der Waals surface area contributed by atoms with Crippen LogP contribution in [0.3, 0.4) is 0 Å². The lowest BCUT2D eigenvalue weighted by molar-refractivity contribution is -0.145. The van der Waals surface area contributed by atoms with Crippen LogP contribution in [0, 0.1) is 0 Å². The van der Waals surface area contributed by atoms with Crippen LogP contribution in [-0.4, -0.2) is 27.6 Å². The van der Waals surface area contributed by atoms with Crippen molar-refractivity contribution >= 4 is 16.0 Å². The van der Waals surface area contributed by atoms with E-state index in [2.05, 4.69) is 0 Å². The minimum atomic E-state index is -3.80. The Morgan fingerprint density at radius 3 is 2.90 bits per heavy atom. The van der Waals surface area contributed by atoms with Crippen LogP contribution < -0.4 is 9.88 Å². The first-order valence-corrected chi connectivity index (χ1v) is 7.94. The molecule has 6 nitrogen and oxygen atoms in total. The van der Waals surface area contributed by atoms with Crippen LogP contribution >= 0.6 is 0 Å². The van der Waals surface area contributed by atoms with Gasteiger partial charge in [0.1, 0.15) is 18.3 Å². The molecule has 0 amide bonds. The first-order chi connectivity index (χ1) is 9.43. The van der Waals surface area contributed by atoms with E-state index in [1.807, 2.05) is 6.92 Å². The number of carbonyl (C=O) groups is 1. The molecule has 2 N–H and O–H groups in total. The fourth-order valence-corrected chi connectivity index (χ4v) is 2.53. The summed E-state index contributed by atoms with van der Waals surface area (Å²) in [4.78, 5) is 11.9. The zero-order valence-corrected chi connectivity index (χ0v) is 12.0. The van der Waals surface area contributed by atoms with Crippen LogP contribution in [0.25, 0.3) is 0 Å². The average molecular weight is 299 g/mol. The van der Waals surface area contributed by atoms with Gasteiger partial charge >= 0.3 is 5.97 Å². The summed E-state index contributed by atoms with van der Waals surface area (Å²) in [6.07, 6.45) is 1.73. The lowest BCUT2D eigenvalue weighted by atomic mass is 10.0. The summed E-state index contributed by atoms with van der Waals surface area (Å²) in [5.41, 5.74) is 0.512. The summed E-state index contributed by atoms with van der Waals surface area (Å²) < 4.78 is 33.2. The third-order valence-electron chi connectivity index (χ3n) is 3.12. The molecule has 1 heterocycles. The van der Waals surface area contributed by atoms with Crippen molar-refractivity contribution in [3.05, 3.63) is 23.8 Å². The summed E-state index contributed by atoms with van der Waals surface area (Å²) in [5.74, 6) is -0.498. The summed E-state index contributed by atoms with van der Waals surface area (Å²) in [6.45, 7) is 2.52. The number of benzene rings is 1. The lowest BCUT2D eigenvalue weighted by Crippen LogP contribution is -2.18. The van der Waals surface area contributed by atoms with Crippen molar-refractivity contribution in [2.24, 2.45) is 5.14 Å². The van der Waals surface area contributed by atoms with Crippen LogP contribution in [0.2, 0.25) is 0 Å². The number of unbranched alkanes of at least 4 members (excludes halogenated alkanes) is 1. The number of hydrogen-bond acceptors (Lipinski definition) is 5. The molecule has 0 bridgehead atoms. The number of fused-ring (bicyclic) bond motifs is 1. The van der Waals surface area contributed by atoms with E-state index in [0.717, 1.165) is 12.8 Å². The van der Waals surface area contributed by atoms with Gasteiger partial charge in [-0.25, -0.2) is 13.6 Å². The van der Waals surface area contributed by atoms with Gasteiger partial charge < -0.3 is 9.47 Å². The predicted octanol–water partition coefficient (Wildman–Crippen LogP) is 1.15. The number of esters is 1. The first-order valence-electron chi connectivity index (χ1n) is 6.39. The molecule has 2 rings (SSSR count). The summed E-state index contributed by atoms with van der Waals surface area (Å²) in [7, 11) is -3.80. The maximum atomic E-state index is 12.0. The van der Waals surface area contributed by atoms with Crippen LogP contribution in [0.15, 0.2) is 23.1 Å². The van der Waals surface area contributed by atoms with Gasteiger partial charge in [-0.15, -0.1) is 0 Å². The minimum absolute atomic E-state index is 0.0342. The monoisotopic (exact) mass is 299 g/mol. The molecule has 7 heteroatoms. The zero-order chi connectivity index (χ0) is 14.8. The Balaban J connectivity index is 2.20. The number of primary sulfonamides is 1. The molecule has 0 saturated carbocycles. The summed E-state index contributed by atoms with van der Waals surface area (Å²) in [6, 6.07) is 4.25. The molecular formula is C13H17NO5S. The van der Waals surface area contributed by atoms with Crippen molar-refractivity contribution < 1.29 is 22.7 Å². The van der Waals surface area contributed by atoms with E-state index in [1.54, 1.807) is 0 Å². The van der Waals surface area contributed by atoms with E-state index in [0.29, 0.717) is 17.9 Å².